The first kappa shape index (κ1) is 93.8. The minimum Gasteiger partial charge on any atom is -0.462 e. The molecule has 0 aliphatic carbocycles. The van der Waals surface area contributed by atoms with Crippen LogP contribution in [0.25, 0.3) is 32.3 Å². The molecule has 0 N–H and O–H groups in total. The minimum absolute atomic E-state index is 0.0722. The van der Waals surface area contributed by atoms with E-state index in [9.17, 15) is 43.3 Å². The van der Waals surface area contributed by atoms with Crippen LogP contribution in [0.5, 0.6) is 18.0 Å². The number of piperazine rings is 3. The molecule has 6 atom stereocenters. The number of carbonyl (C=O) groups is 3. The molecule has 36 heteroatoms. The van der Waals surface area contributed by atoms with Crippen molar-refractivity contribution >= 4 is 124 Å². The third-order valence-electron chi connectivity index (χ3n) is 26.2. The molecule has 686 valence electrons. The Morgan fingerprint density at radius 2 is 0.832 bits per heavy atom. The van der Waals surface area contributed by atoms with E-state index in [4.69, 9.17) is 72.3 Å². The molecular formula is C95H108BrCl2F3N24O6. The molecule has 0 radical (unpaired) electrons. The molecule has 0 spiro atoms. The van der Waals surface area contributed by atoms with E-state index in [1.54, 1.807) is 6.20 Å². The van der Waals surface area contributed by atoms with Crippen molar-refractivity contribution in [2.24, 2.45) is 0 Å². The van der Waals surface area contributed by atoms with Crippen LogP contribution in [-0.4, -0.2) is 267 Å². The van der Waals surface area contributed by atoms with Crippen molar-refractivity contribution in [3.05, 3.63) is 177 Å². The van der Waals surface area contributed by atoms with Crippen molar-refractivity contribution in [1.29, 1.82) is 15.8 Å². The van der Waals surface area contributed by atoms with Gasteiger partial charge in [-0.2, -0.15) is 45.7 Å². The zero-order chi connectivity index (χ0) is 92.3. The summed E-state index contributed by atoms with van der Waals surface area (Å²) in [6.07, 6.45) is 16.0. The number of rotatable bonds is 21. The molecule has 131 heavy (non-hydrogen) atoms. The highest BCUT2D eigenvalue weighted by Gasteiger charge is 2.41. The van der Waals surface area contributed by atoms with E-state index in [1.807, 2.05) is 87.0 Å². The smallest absolute Gasteiger partial charge is 0.318 e. The monoisotopic (exact) mass is 1890 g/mol. The Kier molecular flexibility index (Phi) is 30.5. The zero-order valence-corrected chi connectivity index (χ0v) is 77.6. The van der Waals surface area contributed by atoms with Gasteiger partial charge in [0, 0.05) is 164 Å². The highest BCUT2D eigenvalue weighted by atomic mass is 79.9. The lowest BCUT2D eigenvalue weighted by Gasteiger charge is -2.42. The Morgan fingerprint density at radius 1 is 0.443 bits per heavy atom. The van der Waals surface area contributed by atoms with Crippen molar-refractivity contribution in [1.82, 2.24) is 74.3 Å². The number of amides is 3. The molecule has 9 aromatic rings. The molecule has 6 aromatic heterocycles. The maximum Gasteiger partial charge on any atom is 0.318 e. The molecule has 30 nitrogen and oxygen atoms in total. The van der Waals surface area contributed by atoms with Crippen LogP contribution >= 0.6 is 39.1 Å². The van der Waals surface area contributed by atoms with E-state index in [0.29, 0.717) is 164 Å². The van der Waals surface area contributed by atoms with Crippen LogP contribution in [0, 0.1) is 34.0 Å². The zero-order valence-electron chi connectivity index (χ0n) is 74.5. The van der Waals surface area contributed by atoms with E-state index in [0.717, 1.165) is 163 Å². The number of benzene rings is 3. The summed E-state index contributed by atoms with van der Waals surface area (Å²) >= 11 is 16.9. The third-order valence-corrected chi connectivity index (χ3v) is 27.5. The summed E-state index contributed by atoms with van der Waals surface area (Å²) in [5.41, 5.74) is 7.54. The summed E-state index contributed by atoms with van der Waals surface area (Å²) in [5.74, 6) is -2.25. The fourth-order valence-corrected chi connectivity index (χ4v) is 20.4. The summed E-state index contributed by atoms with van der Waals surface area (Å²) < 4.78 is 61.1. The van der Waals surface area contributed by atoms with E-state index < -0.39 is 53.3 Å². The topological polar surface area (TPSA) is 305 Å². The van der Waals surface area contributed by atoms with Gasteiger partial charge in [0.2, 0.25) is 0 Å². The number of nitriles is 3. The van der Waals surface area contributed by atoms with Crippen molar-refractivity contribution in [3.8, 4) is 36.2 Å². The largest absolute Gasteiger partial charge is 0.462 e. The number of pyridine rings is 3. The Balaban J connectivity index is 0.000000149. The van der Waals surface area contributed by atoms with Crippen LogP contribution in [0.3, 0.4) is 0 Å². The normalized spacial score (nSPS) is 20.4. The van der Waals surface area contributed by atoms with Gasteiger partial charge in [-0.15, -0.1) is 0 Å². The van der Waals surface area contributed by atoms with E-state index in [2.05, 4.69) is 141 Å². The summed E-state index contributed by atoms with van der Waals surface area (Å²) in [7, 11) is 6.31. The van der Waals surface area contributed by atoms with Crippen LogP contribution in [0.2, 0.25) is 10.2 Å². The maximum atomic E-state index is 13.8. The first-order chi connectivity index (χ1) is 63.5. The second kappa shape index (κ2) is 42.6. The highest BCUT2D eigenvalue weighted by Crippen LogP contribution is 2.43. The summed E-state index contributed by atoms with van der Waals surface area (Å²) in [6, 6.07) is 28.8. The SMILES string of the molecule is C=C(F)C(=O)N1CCN(c2nc(OC[C@@H]3CCCN3C)nc3c2CCN(c2cccc4ccnc(Cl)c24)C3)C[C@@H]1CC#N.C=C(F)C(=O)N1CCN(c2nc(OC[C@@H]3CCCN3C)nc3c2CCN(c2cncc4cccc(Cl)c24)C3)C[C@@H]1CC#N.C=C(F)C(=O)N1CCN(c2nc(OC[C@@H]3CCCN3C)nc3c2CCN(c2nccc4cccc(Br)c24)C3)C[C@@H]1CC#N.CC. The van der Waals surface area contributed by atoms with Crippen LogP contribution in [-0.2, 0) is 53.3 Å². The summed E-state index contributed by atoms with van der Waals surface area (Å²) in [4.78, 5) is 105. The van der Waals surface area contributed by atoms with Gasteiger partial charge in [0.05, 0.1) is 109 Å². The lowest BCUT2D eigenvalue weighted by molar-refractivity contribution is -0.132. The third kappa shape index (κ3) is 20.9. The number of aromatic nitrogens is 9. The molecule has 0 unspecified atom stereocenters. The van der Waals surface area contributed by atoms with Crippen LogP contribution in [0.4, 0.5) is 47.8 Å². The van der Waals surface area contributed by atoms with Gasteiger partial charge in [-0.25, -0.2) is 23.1 Å². The summed E-state index contributed by atoms with van der Waals surface area (Å²) in [6.45, 7) is 24.9. The Hall–Kier alpha value is -11.8. The maximum absolute atomic E-state index is 13.8. The van der Waals surface area contributed by atoms with Gasteiger partial charge in [0.1, 0.15) is 48.2 Å². The fraction of sp³-hybridized carbons (Fsp3) is 0.463. The van der Waals surface area contributed by atoms with Crippen LogP contribution in [0.15, 0.2) is 133 Å². The molecule has 3 aromatic carbocycles. The highest BCUT2D eigenvalue weighted by molar-refractivity contribution is 9.10. The number of likely N-dealkylation sites (N-methyl/N-ethyl adjacent to an activating group) is 3. The van der Waals surface area contributed by atoms with Crippen LogP contribution in [0.1, 0.15) is 105 Å². The molecule has 9 aliphatic heterocycles. The lowest BCUT2D eigenvalue weighted by Crippen LogP contribution is -2.55. The molecule has 15 heterocycles. The molecule has 0 saturated carbocycles. The van der Waals surface area contributed by atoms with Gasteiger partial charge in [0.25, 0.3) is 17.7 Å². The predicted octanol–water partition coefficient (Wildman–Crippen LogP) is 13.5. The first-order valence-corrected chi connectivity index (χ1v) is 46.4. The Morgan fingerprint density at radius 3 is 1.25 bits per heavy atom. The van der Waals surface area contributed by atoms with Gasteiger partial charge in [-0.05, 0) is 140 Å². The number of hydrogen-bond acceptors (Lipinski definition) is 27. The lowest BCUT2D eigenvalue weighted by atomic mass is 10.0. The number of carbonyl (C=O) groups excluding carboxylic acids is 3. The molecule has 3 amide bonds. The van der Waals surface area contributed by atoms with Crippen molar-refractivity contribution < 1.29 is 41.8 Å². The number of fused-ring (bicyclic) bond motifs is 6. The van der Waals surface area contributed by atoms with E-state index >= 15 is 0 Å². The molecular weight excluding hydrogens is 1780 g/mol. The number of likely N-dealkylation sites (tertiary alicyclic amines) is 3. The quantitative estimate of drug-likeness (QED) is 0.0476. The number of halogens is 6. The molecule has 18 rings (SSSR count). The molecule has 0 bridgehead atoms. The first-order valence-electron chi connectivity index (χ1n) is 44.8. The van der Waals surface area contributed by atoms with Gasteiger partial charge in [-0.3, -0.25) is 19.4 Å². The number of ether oxygens (including phenoxy) is 3. The van der Waals surface area contributed by atoms with Crippen molar-refractivity contribution in [2.75, 3.05) is 169 Å². The van der Waals surface area contributed by atoms with E-state index in [-0.39, 0.29) is 38.9 Å². The second-order valence-electron chi connectivity index (χ2n) is 34.1. The fourth-order valence-electron chi connectivity index (χ4n) is 19.3. The molecule has 6 fully saturated rings. The van der Waals surface area contributed by atoms with Gasteiger partial charge >= 0.3 is 18.0 Å². The standard InChI is InChI=1S/C31H34BrFN8O2.2C31H34ClFN8O2.C2H6/c1-20(33)30(42)41-16-15-40(17-22(41)8-11-34)28-24-10-14-39(29-27-21(9-12-35-29)5-3-7-25(27)32)18-26(24)36-31(37-28)43-19-23-6-4-13-38(23)2;1-20(33)30(42)41-16-15-40(17-22(41)8-11-34)29-24-10-14-39(26-7-3-5-21-9-12-35-28(32)27(21)26)18-25(24)36-31(37-29)43-19-23-6-4-13-38(23)2;1-20(33)30(42)41-14-13-40(17-22(41)8-10-34)29-24-9-12-39(27-16-35-15-21-5-3-7-25(32)28(21)27)18-26(24)36-31(37-29)43-19-23-6-4-11-38(23)2;1-2/h2*3,5,7,9,12,22-23H,1,4,6,8,10,13-19H2,2H3;3,5,7,15-16,22-23H,1,4,6,8-9,11-14,17-19H2,2H3;1-2H3/t3*22-,23-;/m000./s1. The second-order valence-corrected chi connectivity index (χ2v) is 35.7. The average molecular weight is 1890 g/mol. The number of anilines is 6. The van der Waals surface area contributed by atoms with Gasteiger partial charge in [0.15, 0.2) is 17.5 Å². The van der Waals surface area contributed by atoms with Crippen molar-refractivity contribution in [2.45, 2.75) is 147 Å². The van der Waals surface area contributed by atoms with Crippen molar-refractivity contribution in [3.63, 3.8) is 0 Å². The van der Waals surface area contributed by atoms with Gasteiger partial charge < -0.3 is 73.0 Å². The van der Waals surface area contributed by atoms with Crippen LogP contribution < -0.4 is 43.6 Å². The number of hydrogen-bond donors (Lipinski definition) is 0. The number of nitrogens with zero attached hydrogens (tertiary/aromatic N) is 24. The average Bonchev–Trinajstić information content (AvgIpc) is 1.30. The predicted molar refractivity (Wildman–Crippen MR) is 503 cm³/mol. The molecule has 9 aliphatic rings. The Labute approximate surface area is 779 Å². The summed E-state index contributed by atoms with van der Waals surface area (Å²) in [5, 5.41) is 35.6. The van der Waals surface area contributed by atoms with Gasteiger partial charge in [-0.1, -0.05) is 109 Å². The minimum atomic E-state index is -1.02. The van der Waals surface area contributed by atoms with E-state index in [1.165, 1.54) is 14.7 Å². The Bertz CT molecular complexity index is 5330. The molecule has 6 saturated heterocycles.